The van der Waals surface area contributed by atoms with E-state index in [0.29, 0.717) is 10.6 Å². The molecule has 0 fully saturated rings. The normalized spacial score (nSPS) is 10.5. The van der Waals surface area contributed by atoms with Crippen molar-refractivity contribution in [2.45, 2.75) is 6.42 Å². The molecule has 0 radical (unpaired) electrons. The van der Waals surface area contributed by atoms with E-state index in [2.05, 4.69) is 5.10 Å². The van der Waals surface area contributed by atoms with Gasteiger partial charge in [-0.05, 0) is 23.3 Å². The molecule has 0 aliphatic rings. The summed E-state index contributed by atoms with van der Waals surface area (Å²) in [6.07, 6.45) is 3.52. The van der Waals surface area contributed by atoms with E-state index in [9.17, 15) is 4.79 Å². The highest BCUT2D eigenvalue weighted by atomic mass is 35.5. The molecule has 1 heterocycles. The van der Waals surface area contributed by atoms with E-state index < -0.39 is 5.97 Å². The lowest BCUT2D eigenvalue weighted by molar-refractivity contribution is -0.136. The van der Waals surface area contributed by atoms with E-state index in [0.717, 1.165) is 11.1 Å². The lowest BCUT2D eigenvalue weighted by Crippen LogP contribution is -2.00. The van der Waals surface area contributed by atoms with Crippen molar-refractivity contribution >= 4 is 17.6 Å². The van der Waals surface area contributed by atoms with Crippen LogP contribution in [0.3, 0.4) is 0 Å². The minimum Gasteiger partial charge on any atom is -0.481 e. The van der Waals surface area contributed by atoms with Crippen LogP contribution in [-0.2, 0) is 18.3 Å². The molecule has 1 aromatic heterocycles. The second-order valence-corrected chi connectivity index (χ2v) is 4.19. The molecule has 0 atom stereocenters. The third-order valence-corrected chi connectivity index (χ3v) is 2.79. The standard InChI is InChI=1S/C12H11ClN2O2/c1-15-7-10(6-14-15)8-2-3-11(13)9(4-8)5-12(16)17/h2-4,6-7H,5H2,1H3,(H,16,17). The van der Waals surface area contributed by atoms with Crippen molar-refractivity contribution in [1.82, 2.24) is 9.78 Å². The van der Waals surface area contributed by atoms with Crippen LogP contribution >= 0.6 is 11.6 Å². The van der Waals surface area contributed by atoms with Crippen molar-refractivity contribution in [3.8, 4) is 11.1 Å². The van der Waals surface area contributed by atoms with Gasteiger partial charge in [0.25, 0.3) is 0 Å². The molecule has 88 valence electrons. The number of carboxylic acids is 1. The van der Waals surface area contributed by atoms with Crippen LogP contribution in [0.25, 0.3) is 11.1 Å². The van der Waals surface area contributed by atoms with Crippen molar-refractivity contribution in [2.24, 2.45) is 7.05 Å². The number of aromatic nitrogens is 2. The van der Waals surface area contributed by atoms with Gasteiger partial charge in [0, 0.05) is 23.8 Å². The monoisotopic (exact) mass is 250 g/mol. The summed E-state index contributed by atoms with van der Waals surface area (Å²) in [5.41, 5.74) is 2.47. The Labute approximate surface area is 103 Å². The third-order valence-electron chi connectivity index (χ3n) is 2.43. The van der Waals surface area contributed by atoms with E-state index in [1.165, 1.54) is 0 Å². The molecule has 17 heavy (non-hydrogen) atoms. The summed E-state index contributed by atoms with van der Waals surface area (Å²) in [6.45, 7) is 0. The van der Waals surface area contributed by atoms with Crippen LogP contribution in [0.15, 0.2) is 30.6 Å². The minimum absolute atomic E-state index is 0.0765. The van der Waals surface area contributed by atoms with Gasteiger partial charge in [0.1, 0.15) is 0 Å². The van der Waals surface area contributed by atoms with Crippen LogP contribution in [0, 0.1) is 0 Å². The molecule has 0 aliphatic heterocycles. The summed E-state index contributed by atoms with van der Waals surface area (Å²) in [5.74, 6) is -0.893. The third kappa shape index (κ3) is 2.65. The topological polar surface area (TPSA) is 55.1 Å². The van der Waals surface area contributed by atoms with E-state index in [1.807, 2.05) is 19.3 Å². The average molecular weight is 251 g/mol. The Hall–Kier alpha value is -1.81. The molecular weight excluding hydrogens is 240 g/mol. The molecule has 1 N–H and O–H groups in total. The zero-order chi connectivity index (χ0) is 12.4. The van der Waals surface area contributed by atoms with Gasteiger partial charge in [0.05, 0.1) is 12.6 Å². The fraction of sp³-hybridized carbons (Fsp3) is 0.167. The molecule has 2 rings (SSSR count). The number of hydrogen-bond donors (Lipinski definition) is 1. The lowest BCUT2D eigenvalue weighted by Gasteiger charge is -2.04. The van der Waals surface area contributed by atoms with E-state index in [1.54, 1.807) is 23.0 Å². The number of benzene rings is 1. The second-order valence-electron chi connectivity index (χ2n) is 3.78. The first-order valence-electron chi connectivity index (χ1n) is 5.05. The largest absolute Gasteiger partial charge is 0.481 e. The molecule has 4 nitrogen and oxygen atoms in total. The first kappa shape index (κ1) is 11.7. The smallest absolute Gasteiger partial charge is 0.307 e. The highest BCUT2D eigenvalue weighted by Gasteiger charge is 2.08. The summed E-state index contributed by atoms with van der Waals surface area (Å²) in [6, 6.07) is 5.35. The number of nitrogens with zero attached hydrogens (tertiary/aromatic N) is 2. The van der Waals surface area contributed by atoms with Gasteiger partial charge in [0.2, 0.25) is 0 Å². The maximum atomic E-state index is 10.7. The summed E-state index contributed by atoms with van der Waals surface area (Å²) in [5, 5.41) is 13.3. The maximum Gasteiger partial charge on any atom is 0.307 e. The molecule has 0 saturated carbocycles. The van der Waals surface area contributed by atoms with Crippen LogP contribution in [0.5, 0.6) is 0 Å². The second kappa shape index (κ2) is 4.59. The zero-order valence-electron chi connectivity index (χ0n) is 9.22. The molecule has 0 aliphatic carbocycles. The van der Waals surface area contributed by atoms with Gasteiger partial charge in [-0.25, -0.2) is 0 Å². The highest BCUT2D eigenvalue weighted by molar-refractivity contribution is 6.31. The predicted octanol–water partition coefficient (Wildman–Crippen LogP) is 2.37. The fourth-order valence-corrected chi connectivity index (χ4v) is 1.81. The zero-order valence-corrected chi connectivity index (χ0v) is 9.98. The number of rotatable bonds is 3. The Balaban J connectivity index is 2.40. The SMILES string of the molecule is Cn1cc(-c2ccc(Cl)c(CC(=O)O)c2)cn1. The van der Waals surface area contributed by atoms with E-state index in [-0.39, 0.29) is 6.42 Å². The minimum atomic E-state index is -0.893. The van der Waals surface area contributed by atoms with Crippen molar-refractivity contribution < 1.29 is 9.90 Å². The first-order chi connectivity index (χ1) is 8.06. The van der Waals surface area contributed by atoms with Crippen molar-refractivity contribution in [2.75, 3.05) is 0 Å². The van der Waals surface area contributed by atoms with Gasteiger partial charge in [-0.2, -0.15) is 5.10 Å². The number of halogens is 1. The van der Waals surface area contributed by atoms with Crippen LogP contribution < -0.4 is 0 Å². The van der Waals surface area contributed by atoms with Gasteiger partial charge in [0.15, 0.2) is 0 Å². The first-order valence-corrected chi connectivity index (χ1v) is 5.43. The molecule has 1 aromatic carbocycles. The van der Waals surface area contributed by atoms with Crippen molar-refractivity contribution in [3.05, 3.63) is 41.2 Å². The van der Waals surface area contributed by atoms with Crippen LogP contribution in [0.4, 0.5) is 0 Å². The Morgan fingerprint density at radius 3 is 2.82 bits per heavy atom. The van der Waals surface area contributed by atoms with E-state index in [4.69, 9.17) is 16.7 Å². The molecular formula is C12H11ClN2O2. The van der Waals surface area contributed by atoms with Crippen molar-refractivity contribution in [3.63, 3.8) is 0 Å². The quantitative estimate of drug-likeness (QED) is 0.910. The number of aliphatic carboxylic acids is 1. The van der Waals surface area contributed by atoms with Gasteiger partial charge < -0.3 is 5.11 Å². The van der Waals surface area contributed by atoms with E-state index >= 15 is 0 Å². The molecule has 0 amide bonds. The average Bonchev–Trinajstić information content (AvgIpc) is 2.67. The summed E-state index contributed by atoms with van der Waals surface area (Å²) >= 11 is 5.95. The molecule has 0 spiro atoms. The van der Waals surface area contributed by atoms with Gasteiger partial charge in [-0.1, -0.05) is 17.7 Å². The molecule has 0 bridgehead atoms. The van der Waals surface area contributed by atoms with Crippen molar-refractivity contribution in [1.29, 1.82) is 0 Å². The highest BCUT2D eigenvalue weighted by Crippen LogP contribution is 2.25. The molecule has 0 unspecified atom stereocenters. The summed E-state index contributed by atoms with van der Waals surface area (Å²) < 4.78 is 1.70. The summed E-state index contributed by atoms with van der Waals surface area (Å²) in [7, 11) is 1.83. The maximum absolute atomic E-state index is 10.7. The van der Waals surface area contributed by atoms with Crippen LogP contribution in [0.1, 0.15) is 5.56 Å². The Morgan fingerprint density at radius 2 is 2.24 bits per heavy atom. The fourth-order valence-electron chi connectivity index (χ4n) is 1.62. The number of hydrogen-bond acceptors (Lipinski definition) is 2. The van der Waals surface area contributed by atoms with Crippen LogP contribution in [0.2, 0.25) is 5.02 Å². The number of carbonyl (C=O) groups is 1. The summed E-state index contributed by atoms with van der Waals surface area (Å²) in [4.78, 5) is 10.7. The number of aryl methyl sites for hydroxylation is 1. The van der Waals surface area contributed by atoms with Gasteiger partial charge >= 0.3 is 5.97 Å². The number of carboxylic acid groups (broad SMARTS) is 1. The molecule has 2 aromatic rings. The Kier molecular flexibility index (Phi) is 3.15. The van der Waals surface area contributed by atoms with Gasteiger partial charge in [-0.15, -0.1) is 0 Å². The Bertz CT molecular complexity index is 563. The molecule has 5 heteroatoms. The van der Waals surface area contributed by atoms with Crippen LogP contribution in [-0.4, -0.2) is 20.9 Å². The molecule has 0 saturated heterocycles. The Morgan fingerprint density at radius 1 is 1.47 bits per heavy atom. The predicted molar refractivity (Wildman–Crippen MR) is 65.0 cm³/mol. The van der Waals surface area contributed by atoms with Gasteiger partial charge in [-0.3, -0.25) is 9.48 Å². The lowest BCUT2D eigenvalue weighted by atomic mass is 10.0.